The van der Waals surface area contributed by atoms with Crippen LogP contribution >= 0.6 is 34.8 Å². The molecule has 0 aliphatic heterocycles. The first-order chi connectivity index (χ1) is 9.16. The van der Waals surface area contributed by atoms with Crippen LogP contribution in [0.4, 0.5) is 0 Å². The molecular formula is C13H12Cl3NO2. The molecule has 0 saturated carbocycles. The SMILES string of the molecule is Clc1cc(Cl)c(OCCNCc2ccoc2)c(Cl)c1. The van der Waals surface area contributed by atoms with E-state index in [1.807, 2.05) is 6.07 Å². The molecule has 1 aromatic carbocycles. The van der Waals surface area contributed by atoms with Crippen molar-refractivity contribution in [2.45, 2.75) is 6.54 Å². The van der Waals surface area contributed by atoms with Crippen molar-refractivity contribution in [2.75, 3.05) is 13.2 Å². The van der Waals surface area contributed by atoms with Gasteiger partial charge in [-0.15, -0.1) is 0 Å². The average molecular weight is 321 g/mol. The van der Waals surface area contributed by atoms with Crippen LogP contribution in [0.25, 0.3) is 0 Å². The van der Waals surface area contributed by atoms with E-state index < -0.39 is 0 Å². The largest absolute Gasteiger partial charge is 0.489 e. The smallest absolute Gasteiger partial charge is 0.156 e. The highest BCUT2D eigenvalue weighted by atomic mass is 35.5. The second-order valence-corrected chi connectivity index (χ2v) is 5.11. The molecule has 0 fully saturated rings. The second kappa shape index (κ2) is 7.06. The van der Waals surface area contributed by atoms with Crippen molar-refractivity contribution in [3.05, 3.63) is 51.4 Å². The van der Waals surface area contributed by atoms with Crippen LogP contribution in [0.15, 0.2) is 35.1 Å². The molecule has 0 aliphatic rings. The third-order valence-corrected chi connectivity index (χ3v) is 3.18. The molecule has 2 rings (SSSR count). The van der Waals surface area contributed by atoms with Gasteiger partial charge in [-0.2, -0.15) is 0 Å². The fourth-order valence-electron chi connectivity index (χ4n) is 1.52. The van der Waals surface area contributed by atoms with Crippen LogP contribution in [-0.2, 0) is 6.54 Å². The van der Waals surface area contributed by atoms with Gasteiger partial charge in [-0.1, -0.05) is 34.8 Å². The number of hydrogen-bond acceptors (Lipinski definition) is 3. The summed E-state index contributed by atoms with van der Waals surface area (Å²) in [6, 6.07) is 5.10. The van der Waals surface area contributed by atoms with Gasteiger partial charge in [0.2, 0.25) is 0 Å². The monoisotopic (exact) mass is 319 g/mol. The van der Waals surface area contributed by atoms with Crippen LogP contribution < -0.4 is 10.1 Å². The molecule has 102 valence electrons. The Labute approximate surface area is 126 Å². The zero-order valence-electron chi connectivity index (χ0n) is 9.96. The van der Waals surface area contributed by atoms with Crippen molar-refractivity contribution < 1.29 is 9.15 Å². The highest BCUT2D eigenvalue weighted by Gasteiger charge is 2.08. The molecule has 0 aliphatic carbocycles. The predicted octanol–water partition coefficient (Wildman–Crippen LogP) is 4.41. The Morgan fingerprint density at radius 2 is 1.89 bits per heavy atom. The lowest BCUT2D eigenvalue weighted by Gasteiger charge is -2.10. The Kier molecular flexibility index (Phi) is 5.40. The van der Waals surface area contributed by atoms with Crippen LogP contribution in [0.5, 0.6) is 5.75 Å². The molecule has 0 spiro atoms. The van der Waals surface area contributed by atoms with Crippen molar-refractivity contribution in [3.63, 3.8) is 0 Å². The fourth-order valence-corrected chi connectivity index (χ4v) is 2.44. The molecule has 0 amide bonds. The van der Waals surface area contributed by atoms with Crippen LogP contribution in [0, 0.1) is 0 Å². The highest BCUT2D eigenvalue weighted by Crippen LogP contribution is 2.35. The molecule has 0 bridgehead atoms. The third-order valence-electron chi connectivity index (χ3n) is 2.40. The molecule has 0 unspecified atom stereocenters. The lowest BCUT2D eigenvalue weighted by Crippen LogP contribution is -2.20. The normalized spacial score (nSPS) is 10.7. The zero-order chi connectivity index (χ0) is 13.7. The first-order valence-corrected chi connectivity index (χ1v) is 6.79. The first-order valence-electron chi connectivity index (χ1n) is 5.66. The van der Waals surface area contributed by atoms with Gasteiger partial charge in [0.15, 0.2) is 5.75 Å². The molecule has 1 aromatic heterocycles. The highest BCUT2D eigenvalue weighted by molar-refractivity contribution is 6.40. The molecule has 6 heteroatoms. The van der Waals surface area contributed by atoms with Crippen LogP contribution in [0.3, 0.4) is 0 Å². The number of rotatable bonds is 6. The summed E-state index contributed by atoms with van der Waals surface area (Å²) in [6.07, 6.45) is 3.33. The van der Waals surface area contributed by atoms with Crippen LogP contribution in [0.2, 0.25) is 15.1 Å². The molecule has 0 atom stereocenters. The summed E-state index contributed by atoms with van der Waals surface area (Å²) >= 11 is 17.8. The first kappa shape index (κ1) is 14.5. The van der Waals surface area contributed by atoms with Crippen LogP contribution in [0.1, 0.15) is 5.56 Å². The topological polar surface area (TPSA) is 34.4 Å². The minimum atomic E-state index is 0.410. The van der Waals surface area contributed by atoms with Gasteiger partial charge in [0.1, 0.15) is 6.61 Å². The van der Waals surface area contributed by atoms with E-state index in [0.29, 0.717) is 34.0 Å². The summed E-state index contributed by atoms with van der Waals surface area (Å²) in [7, 11) is 0. The Morgan fingerprint density at radius 1 is 1.16 bits per heavy atom. The number of nitrogens with one attached hydrogen (secondary N) is 1. The van der Waals surface area contributed by atoms with E-state index in [9.17, 15) is 0 Å². The van der Waals surface area contributed by atoms with E-state index in [-0.39, 0.29) is 0 Å². The number of hydrogen-bond donors (Lipinski definition) is 1. The van der Waals surface area contributed by atoms with E-state index in [0.717, 1.165) is 12.1 Å². The van der Waals surface area contributed by atoms with Crippen LogP contribution in [-0.4, -0.2) is 13.2 Å². The number of halogens is 3. The van der Waals surface area contributed by atoms with E-state index >= 15 is 0 Å². The van der Waals surface area contributed by atoms with Crippen molar-refractivity contribution in [3.8, 4) is 5.75 Å². The van der Waals surface area contributed by atoms with Gasteiger partial charge in [-0.25, -0.2) is 0 Å². The Morgan fingerprint density at radius 3 is 2.53 bits per heavy atom. The van der Waals surface area contributed by atoms with Gasteiger partial charge in [-0.3, -0.25) is 0 Å². The summed E-state index contributed by atoms with van der Waals surface area (Å²) in [6.45, 7) is 1.85. The maximum Gasteiger partial charge on any atom is 0.156 e. The molecule has 2 aromatic rings. The van der Waals surface area contributed by atoms with Gasteiger partial charge >= 0.3 is 0 Å². The van der Waals surface area contributed by atoms with E-state index in [4.69, 9.17) is 44.0 Å². The molecule has 1 heterocycles. The molecule has 1 N–H and O–H groups in total. The van der Waals surface area contributed by atoms with Gasteiger partial charge in [0.25, 0.3) is 0 Å². The van der Waals surface area contributed by atoms with E-state index in [1.54, 1.807) is 24.7 Å². The number of ether oxygens (including phenoxy) is 1. The maximum atomic E-state index is 6.00. The molecule has 19 heavy (non-hydrogen) atoms. The molecular weight excluding hydrogens is 309 g/mol. The zero-order valence-corrected chi connectivity index (χ0v) is 12.2. The third kappa shape index (κ3) is 4.32. The molecule has 0 radical (unpaired) electrons. The van der Waals surface area contributed by atoms with Crippen molar-refractivity contribution >= 4 is 34.8 Å². The summed E-state index contributed by atoms with van der Waals surface area (Å²) in [4.78, 5) is 0. The van der Waals surface area contributed by atoms with Gasteiger partial charge < -0.3 is 14.5 Å². The summed E-state index contributed by atoms with van der Waals surface area (Å²) in [5.41, 5.74) is 1.09. The van der Waals surface area contributed by atoms with Gasteiger partial charge in [0, 0.05) is 23.7 Å². The fraction of sp³-hybridized carbons (Fsp3) is 0.231. The van der Waals surface area contributed by atoms with Crippen molar-refractivity contribution in [1.82, 2.24) is 5.32 Å². The van der Waals surface area contributed by atoms with Gasteiger partial charge in [0.05, 0.1) is 22.6 Å². The standard InChI is InChI=1S/C13H12Cl3NO2/c14-10-5-11(15)13(12(16)6-10)19-4-2-17-7-9-1-3-18-8-9/h1,3,5-6,8,17H,2,4,7H2. The average Bonchev–Trinajstić information content (AvgIpc) is 2.84. The summed E-state index contributed by atoms with van der Waals surface area (Å²) < 4.78 is 10.5. The van der Waals surface area contributed by atoms with E-state index in [2.05, 4.69) is 5.32 Å². The lowest BCUT2D eigenvalue weighted by atomic mass is 10.3. The summed E-state index contributed by atoms with van der Waals surface area (Å²) in [5, 5.41) is 4.52. The second-order valence-electron chi connectivity index (χ2n) is 3.86. The minimum absolute atomic E-state index is 0.410. The minimum Gasteiger partial charge on any atom is -0.489 e. The Hall–Kier alpha value is -0.870. The van der Waals surface area contributed by atoms with Crippen molar-refractivity contribution in [1.29, 1.82) is 0 Å². The number of benzene rings is 1. The Bertz CT molecular complexity index is 506. The lowest BCUT2D eigenvalue weighted by molar-refractivity contribution is 0.314. The molecule has 3 nitrogen and oxygen atoms in total. The Balaban J connectivity index is 1.77. The van der Waals surface area contributed by atoms with E-state index in [1.165, 1.54) is 0 Å². The predicted molar refractivity (Wildman–Crippen MR) is 77.4 cm³/mol. The number of furan rings is 1. The van der Waals surface area contributed by atoms with Crippen molar-refractivity contribution in [2.24, 2.45) is 0 Å². The quantitative estimate of drug-likeness (QED) is 0.801. The molecule has 0 saturated heterocycles. The summed E-state index contributed by atoms with van der Waals surface area (Å²) in [5.74, 6) is 0.456. The van der Waals surface area contributed by atoms with Gasteiger partial charge in [-0.05, 0) is 18.2 Å². The maximum absolute atomic E-state index is 6.00.